The number of carbonyl (C=O) groups is 3. The van der Waals surface area contributed by atoms with E-state index in [0.717, 1.165) is 18.2 Å². The van der Waals surface area contributed by atoms with Crippen LogP contribution >= 0.6 is 0 Å². The first-order valence-corrected chi connectivity index (χ1v) is 14.0. The molecule has 3 rings (SSSR count). The number of fused-ring (bicyclic) bond motifs is 1. The predicted molar refractivity (Wildman–Crippen MR) is 156 cm³/mol. The first kappa shape index (κ1) is 34.9. The first-order valence-electron chi connectivity index (χ1n) is 14.0. The van der Waals surface area contributed by atoms with Gasteiger partial charge in [-0.3, -0.25) is 14.4 Å². The minimum Gasteiger partial charge on any atom is -0.423 e. The number of alkyl halides is 3. The van der Waals surface area contributed by atoms with Crippen molar-refractivity contribution in [2.24, 2.45) is 17.2 Å². The summed E-state index contributed by atoms with van der Waals surface area (Å²) in [5, 5.41) is 15.2. The van der Waals surface area contributed by atoms with Gasteiger partial charge in [0, 0.05) is 50.3 Å². The summed E-state index contributed by atoms with van der Waals surface area (Å²) in [6, 6.07) is 3.81. The number of nitrogens with one attached hydrogen (secondary N) is 2. The van der Waals surface area contributed by atoms with Gasteiger partial charge in [0.1, 0.15) is 11.9 Å². The Morgan fingerprint density at radius 1 is 1.07 bits per heavy atom. The molecule has 44 heavy (non-hydrogen) atoms. The van der Waals surface area contributed by atoms with E-state index in [4.69, 9.17) is 21.9 Å². The lowest BCUT2D eigenvalue weighted by Crippen LogP contribution is -2.51. The SMILES string of the molecule is CC1(C)OB(O)c2cc(NC(=O)[C@@H](Cc3ccc(C(F)(F)F)cc3)NC(=O)[C@@H](N)CCC(=O)N(CCN)CCN)cc(F)c21. The van der Waals surface area contributed by atoms with Gasteiger partial charge < -0.3 is 42.4 Å². The van der Waals surface area contributed by atoms with Gasteiger partial charge in [0.05, 0.1) is 17.2 Å². The lowest BCUT2D eigenvalue weighted by atomic mass is 9.78. The molecule has 0 aliphatic carbocycles. The second-order valence-corrected chi connectivity index (χ2v) is 11.0. The number of anilines is 1. The van der Waals surface area contributed by atoms with Crippen molar-refractivity contribution in [3.63, 3.8) is 0 Å². The van der Waals surface area contributed by atoms with E-state index >= 15 is 4.39 Å². The quantitative estimate of drug-likeness (QED) is 0.136. The largest absolute Gasteiger partial charge is 0.492 e. The summed E-state index contributed by atoms with van der Waals surface area (Å²) in [4.78, 5) is 40.3. The van der Waals surface area contributed by atoms with Crippen molar-refractivity contribution in [1.82, 2.24) is 10.2 Å². The van der Waals surface area contributed by atoms with Crippen LogP contribution in [0, 0.1) is 5.82 Å². The van der Waals surface area contributed by atoms with E-state index < -0.39 is 54.2 Å². The number of amides is 3. The summed E-state index contributed by atoms with van der Waals surface area (Å²) in [5.41, 5.74) is 15.5. The average Bonchev–Trinajstić information content (AvgIpc) is 3.18. The number of halogens is 4. The van der Waals surface area contributed by atoms with E-state index in [9.17, 15) is 32.6 Å². The minimum atomic E-state index is -4.57. The van der Waals surface area contributed by atoms with Gasteiger partial charge in [0.15, 0.2) is 0 Å². The second kappa shape index (κ2) is 14.5. The van der Waals surface area contributed by atoms with Gasteiger partial charge in [-0.1, -0.05) is 12.1 Å². The molecule has 0 saturated carbocycles. The van der Waals surface area contributed by atoms with Crippen LogP contribution < -0.4 is 33.3 Å². The number of hydrogen-bond acceptors (Lipinski definition) is 8. The molecule has 0 radical (unpaired) electrons. The molecule has 0 aromatic heterocycles. The summed E-state index contributed by atoms with van der Waals surface area (Å²) in [7, 11) is -1.44. The molecule has 0 bridgehead atoms. The van der Waals surface area contributed by atoms with E-state index in [1.165, 1.54) is 23.1 Å². The topological polar surface area (TPSA) is 186 Å². The van der Waals surface area contributed by atoms with Crippen LogP contribution in [0.5, 0.6) is 0 Å². The number of nitrogens with two attached hydrogens (primary N) is 3. The van der Waals surface area contributed by atoms with Crippen molar-refractivity contribution in [2.45, 2.75) is 57.0 Å². The molecule has 0 unspecified atom stereocenters. The maximum absolute atomic E-state index is 15.0. The molecule has 2 aromatic carbocycles. The molecule has 9 N–H and O–H groups in total. The monoisotopic (exact) mass is 624 g/mol. The van der Waals surface area contributed by atoms with Crippen molar-refractivity contribution >= 4 is 36.0 Å². The zero-order chi connectivity index (χ0) is 32.8. The van der Waals surface area contributed by atoms with Crippen LogP contribution in [0.25, 0.3) is 0 Å². The average molecular weight is 624 g/mol. The molecule has 0 spiro atoms. The molecule has 2 aromatic rings. The Morgan fingerprint density at radius 2 is 1.68 bits per heavy atom. The normalized spacial score (nSPS) is 15.4. The second-order valence-electron chi connectivity index (χ2n) is 11.0. The number of carbonyl (C=O) groups excluding carboxylic acids is 3. The zero-order valence-corrected chi connectivity index (χ0v) is 24.4. The van der Waals surface area contributed by atoms with Crippen LogP contribution in [0.4, 0.5) is 23.2 Å². The minimum absolute atomic E-state index is 0.0481. The van der Waals surface area contributed by atoms with Crippen LogP contribution in [0.1, 0.15) is 43.4 Å². The van der Waals surface area contributed by atoms with Crippen LogP contribution in [-0.2, 0) is 37.2 Å². The van der Waals surface area contributed by atoms with Gasteiger partial charge in [-0.05, 0) is 55.6 Å². The standard InChI is InChI=1S/C28H37BF4N6O5/c1-27(2)24-19(29(43)44-27)14-18(15-20(24)30)37-26(42)22(13-16-3-5-17(6-4-16)28(31,32)33)38-25(41)21(36)7-8-23(40)39(11-9-34)12-10-35/h3-6,14-15,21-22,43H,7-13,34-36H2,1-2H3,(H,37,42)(H,38,41)/t21-,22+/m0/s1. The van der Waals surface area contributed by atoms with E-state index in [2.05, 4.69) is 10.6 Å². The van der Waals surface area contributed by atoms with Gasteiger partial charge in [-0.15, -0.1) is 0 Å². The smallest absolute Gasteiger partial charge is 0.423 e. The number of nitrogens with zero attached hydrogens (tertiary/aromatic N) is 1. The lowest BCUT2D eigenvalue weighted by molar-refractivity contribution is -0.137. The van der Waals surface area contributed by atoms with Gasteiger partial charge in [0.2, 0.25) is 17.7 Å². The van der Waals surface area contributed by atoms with Gasteiger partial charge >= 0.3 is 13.3 Å². The Bertz CT molecular complexity index is 1340. The third-order valence-electron chi connectivity index (χ3n) is 7.17. The molecule has 240 valence electrons. The van der Waals surface area contributed by atoms with E-state index in [1.54, 1.807) is 13.8 Å². The Labute approximate surface area is 252 Å². The maximum Gasteiger partial charge on any atom is 0.492 e. The highest BCUT2D eigenvalue weighted by molar-refractivity contribution is 6.62. The Morgan fingerprint density at radius 3 is 2.25 bits per heavy atom. The summed E-state index contributed by atoms with van der Waals surface area (Å²) in [6.07, 6.45) is -4.99. The number of hydrogen-bond donors (Lipinski definition) is 6. The fraction of sp³-hybridized carbons (Fsp3) is 0.464. The molecule has 0 saturated heterocycles. The molecule has 1 aliphatic rings. The van der Waals surface area contributed by atoms with E-state index in [-0.39, 0.29) is 73.6 Å². The molecule has 1 aliphatic heterocycles. The highest BCUT2D eigenvalue weighted by Crippen LogP contribution is 2.33. The Kier molecular flexibility index (Phi) is 11.5. The number of benzene rings is 2. The number of rotatable bonds is 13. The Balaban J connectivity index is 1.79. The fourth-order valence-corrected chi connectivity index (χ4v) is 4.96. The molecular weight excluding hydrogens is 587 g/mol. The molecule has 0 fully saturated rings. The van der Waals surface area contributed by atoms with Gasteiger partial charge in [-0.2, -0.15) is 13.2 Å². The summed E-state index contributed by atoms with van der Waals surface area (Å²) >= 11 is 0. The highest BCUT2D eigenvalue weighted by atomic mass is 19.4. The zero-order valence-electron chi connectivity index (χ0n) is 24.4. The lowest BCUT2D eigenvalue weighted by Gasteiger charge is -2.23. The highest BCUT2D eigenvalue weighted by Gasteiger charge is 2.43. The van der Waals surface area contributed by atoms with Crippen LogP contribution in [0.15, 0.2) is 36.4 Å². The molecular formula is C28H37BF4N6O5. The predicted octanol–water partition coefficient (Wildman–Crippen LogP) is 0.317. The van der Waals surface area contributed by atoms with E-state index in [0.29, 0.717) is 0 Å². The van der Waals surface area contributed by atoms with Crippen molar-refractivity contribution in [3.05, 3.63) is 58.9 Å². The fourth-order valence-electron chi connectivity index (χ4n) is 4.96. The summed E-state index contributed by atoms with van der Waals surface area (Å²) in [5.74, 6) is -2.67. The van der Waals surface area contributed by atoms with E-state index in [1.807, 2.05) is 0 Å². The Hall–Kier alpha value is -3.57. The van der Waals surface area contributed by atoms with Crippen molar-refractivity contribution in [1.29, 1.82) is 0 Å². The first-order chi connectivity index (χ1) is 20.6. The van der Waals surface area contributed by atoms with Gasteiger partial charge in [0.25, 0.3) is 0 Å². The summed E-state index contributed by atoms with van der Waals surface area (Å²) in [6.45, 7) is 4.13. The molecule has 1 heterocycles. The van der Waals surface area contributed by atoms with Crippen LogP contribution in [0.3, 0.4) is 0 Å². The molecule has 11 nitrogen and oxygen atoms in total. The molecule has 16 heteroatoms. The van der Waals surface area contributed by atoms with Gasteiger partial charge in [-0.25, -0.2) is 4.39 Å². The van der Waals surface area contributed by atoms with Crippen LogP contribution in [-0.4, -0.2) is 73.0 Å². The van der Waals surface area contributed by atoms with Crippen molar-refractivity contribution in [3.8, 4) is 0 Å². The maximum atomic E-state index is 15.0. The van der Waals surface area contributed by atoms with Crippen LogP contribution in [0.2, 0.25) is 0 Å². The van der Waals surface area contributed by atoms with Crippen molar-refractivity contribution in [2.75, 3.05) is 31.5 Å². The van der Waals surface area contributed by atoms with Crippen molar-refractivity contribution < 1.29 is 41.6 Å². The third-order valence-corrected chi connectivity index (χ3v) is 7.17. The molecule has 2 atom stereocenters. The third kappa shape index (κ3) is 8.76. The molecule has 3 amide bonds. The summed E-state index contributed by atoms with van der Waals surface area (Å²) < 4.78 is 59.5.